The van der Waals surface area contributed by atoms with E-state index < -0.39 is 0 Å². The molecule has 1 aromatic carbocycles. The Balaban J connectivity index is 1.40. The van der Waals surface area contributed by atoms with Crippen molar-refractivity contribution in [1.29, 1.82) is 0 Å². The van der Waals surface area contributed by atoms with Crippen LogP contribution in [-0.4, -0.2) is 19.7 Å². The average Bonchev–Trinajstić information content (AvgIpc) is 3.22. The van der Waals surface area contributed by atoms with Crippen molar-refractivity contribution in [2.24, 2.45) is 17.8 Å². The second-order valence-corrected chi connectivity index (χ2v) is 6.91. The van der Waals surface area contributed by atoms with Crippen molar-refractivity contribution < 1.29 is 9.13 Å². The summed E-state index contributed by atoms with van der Waals surface area (Å²) >= 11 is 3.26. The van der Waals surface area contributed by atoms with Crippen LogP contribution in [0.1, 0.15) is 24.8 Å². The SMILES string of the molecule is Fc1cc(Br)ccc1COCC1CC1C1CCNCC1. The summed E-state index contributed by atoms with van der Waals surface area (Å²) in [5.41, 5.74) is 0.646. The zero-order valence-electron chi connectivity index (χ0n) is 11.6. The molecule has 1 aliphatic carbocycles. The average molecular weight is 342 g/mol. The topological polar surface area (TPSA) is 21.3 Å². The molecule has 1 saturated heterocycles. The summed E-state index contributed by atoms with van der Waals surface area (Å²) in [5, 5.41) is 3.41. The van der Waals surface area contributed by atoms with Gasteiger partial charge in [-0.2, -0.15) is 0 Å². The van der Waals surface area contributed by atoms with Crippen LogP contribution in [0.15, 0.2) is 22.7 Å². The minimum atomic E-state index is -0.190. The van der Waals surface area contributed by atoms with Crippen molar-refractivity contribution in [1.82, 2.24) is 5.32 Å². The van der Waals surface area contributed by atoms with E-state index in [-0.39, 0.29) is 5.82 Å². The zero-order chi connectivity index (χ0) is 13.9. The van der Waals surface area contributed by atoms with Crippen LogP contribution in [0.3, 0.4) is 0 Å². The van der Waals surface area contributed by atoms with Gasteiger partial charge in [-0.05, 0) is 62.2 Å². The summed E-state index contributed by atoms with van der Waals surface area (Å²) < 4.78 is 20.1. The van der Waals surface area contributed by atoms with Gasteiger partial charge in [-0.1, -0.05) is 22.0 Å². The fourth-order valence-electron chi connectivity index (χ4n) is 3.27. The largest absolute Gasteiger partial charge is 0.376 e. The molecule has 0 radical (unpaired) electrons. The molecule has 4 heteroatoms. The summed E-state index contributed by atoms with van der Waals surface area (Å²) in [6, 6.07) is 5.14. The van der Waals surface area contributed by atoms with Gasteiger partial charge >= 0.3 is 0 Å². The van der Waals surface area contributed by atoms with Gasteiger partial charge in [0, 0.05) is 10.0 Å². The van der Waals surface area contributed by atoms with Crippen molar-refractivity contribution >= 4 is 15.9 Å². The summed E-state index contributed by atoms with van der Waals surface area (Å²) in [6.45, 7) is 3.50. The van der Waals surface area contributed by atoms with Gasteiger partial charge in [-0.15, -0.1) is 0 Å². The molecule has 2 unspecified atom stereocenters. The second-order valence-electron chi connectivity index (χ2n) is 6.00. The van der Waals surface area contributed by atoms with Crippen LogP contribution in [0.5, 0.6) is 0 Å². The van der Waals surface area contributed by atoms with Crippen molar-refractivity contribution in [3.05, 3.63) is 34.1 Å². The Hall–Kier alpha value is -0.450. The molecule has 0 aromatic heterocycles. The molecule has 20 heavy (non-hydrogen) atoms. The quantitative estimate of drug-likeness (QED) is 0.880. The highest BCUT2D eigenvalue weighted by Gasteiger charge is 2.42. The van der Waals surface area contributed by atoms with E-state index in [1.807, 2.05) is 6.07 Å². The lowest BCUT2D eigenvalue weighted by molar-refractivity contribution is 0.102. The maximum atomic E-state index is 13.6. The molecule has 1 saturated carbocycles. The van der Waals surface area contributed by atoms with E-state index in [2.05, 4.69) is 21.2 Å². The molecule has 0 spiro atoms. The number of nitrogens with one attached hydrogen (secondary N) is 1. The molecule has 2 fully saturated rings. The number of benzene rings is 1. The number of halogens is 2. The van der Waals surface area contributed by atoms with Gasteiger partial charge < -0.3 is 10.1 Å². The molecule has 110 valence electrons. The van der Waals surface area contributed by atoms with E-state index in [4.69, 9.17) is 4.74 Å². The lowest BCUT2D eigenvalue weighted by Gasteiger charge is -2.22. The van der Waals surface area contributed by atoms with Gasteiger partial charge in [0.25, 0.3) is 0 Å². The number of ether oxygens (including phenoxy) is 1. The van der Waals surface area contributed by atoms with E-state index in [0.717, 1.165) is 22.9 Å². The number of piperidine rings is 1. The Bertz CT molecular complexity index is 462. The summed E-state index contributed by atoms with van der Waals surface area (Å²) in [5.74, 6) is 2.25. The van der Waals surface area contributed by atoms with Gasteiger partial charge in [-0.25, -0.2) is 4.39 Å². The summed E-state index contributed by atoms with van der Waals surface area (Å²) in [7, 11) is 0. The predicted octanol–water partition coefficient (Wildman–Crippen LogP) is 3.74. The van der Waals surface area contributed by atoms with Gasteiger partial charge in [0.2, 0.25) is 0 Å². The number of hydrogen-bond acceptors (Lipinski definition) is 2. The Morgan fingerprint density at radius 2 is 2.10 bits per heavy atom. The van der Waals surface area contributed by atoms with E-state index in [0.29, 0.717) is 18.1 Å². The first kappa shape index (κ1) is 14.5. The molecule has 1 heterocycles. The lowest BCUT2D eigenvalue weighted by atomic mass is 9.92. The maximum Gasteiger partial charge on any atom is 0.129 e. The smallest absolute Gasteiger partial charge is 0.129 e. The van der Waals surface area contributed by atoms with Crippen molar-refractivity contribution in [2.75, 3.05) is 19.7 Å². The molecule has 3 rings (SSSR count). The molecule has 0 amide bonds. The van der Waals surface area contributed by atoms with Crippen LogP contribution in [0.2, 0.25) is 0 Å². The Morgan fingerprint density at radius 3 is 2.85 bits per heavy atom. The Kier molecular flexibility index (Phi) is 4.74. The third-order valence-electron chi connectivity index (χ3n) is 4.57. The Labute approximate surface area is 128 Å². The zero-order valence-corrected chi connectivity index (χ0v) is 13.2. The lowest BCUT2D eigenvalue weighted by Crippen LogP contribution is -2.29. The van der Waals surface area contributed by atoms with Crippen molar-refractivity contribution in [3.8, 4) is 0 Å². The maximum absolute atomic E-state index is 13.6. The third-order valence-corrected chi connectivity index (χ3v) is 5.06. The van der Waals surface area contributed by atoms with Gasteiger partial charge in [0.1, 0.15) is 5.82 Å². The number of hydrogen-bond donors (Lipinski definition) is 1. The van der Waals surface area contributed by atoms with Crippen molar-refractivity contribution in [3.63, 3.8) is 0 Å². The highest BCUT2D eigenvalue weighted by atomic mass is 79.9. The van der Waals surface area contributed by atoms with E-state index in [9.17, 15) is 4.39 Å². The number of rotatable bonds is 5. The Morgan fingerprint density at radius 1 is 1.30 bits per heavy atom. The predicted molar refractivity (Wildman–Crippen MR) is 80.9 cm³/mol. The van der Waals surface area contributed by atoms with E-state index >= 15 is 0 Å². The molecule has 2 nitrogen and oxygen atoms in total. The molecule has 1 N–H and O–H groups in total. The molecule has 0 bridgehead atoms. The fraction of sp³-hybridized carbons (Fsp3) is 0.625. The first-order valence-corrected chi connectivity index (χ1v) is 8.25. The molecular weight excluding hydrogens is 321 g/mol. The standard InChI is InChI=1S/C16H21BrFNO/c17-14-2-1-12(16(18)8-14)9-20-10-13-7-15(13)11-3-5-19-6-4-11/h1-2,8,11,13,15,19H,3-7,9-10H2. The monoisotopic (exact) mass is 341 g/mol. The van der Waals surface area contributed by atoms with Crippen LogP contribution in [0.4, 0.5) is 4.39 Å². The fourth-order valence-corrected chi connectivity index (χ4v) is 3.60. The highest BCUT2D eigenvalue weighted by Crippen LogP contribution is 2.47. The molecular formula is C16H21BrFNO. The first-order chi connectivity index (χ1) is 9.74. The van der Waals surface area contributed by atoms with E-state index in [1.54, 1.807) is 6.07 Å². The molecule has 1 aliphatic heterocycles. The highest BCUT2D eigenvalue weighted by molar-refractivity contribution is 9.10. The summed E-state index contributed by atoms with van der Waals surface area (Å²) in [4.78, 5) is 0. The van der Waals surface area contributed by atoms with Crippen molar-refractivity contribution in [2.45, 2.75) is 25.9 Å². The van der Waals surface area contributed by atoms with Crippen LogP contribution < -0.4 is 5.32 Å². The van der Waals surface area contributed by atoms with Crippen LogP contribution in [-0.2, 0) is 11.3 Å². The van der Waals surface area contributed by atoms with Crippen LogP contribution in [0, 0.1) is 23.6 Å². The van der Waals surface area contributed by atoms with E-state index in [1.165, 1.54) is 38.4 Å². The third kappa shape index (κ3) is 3.60. The van der Waals surface area contributed by atoms with Gasteiger partial charge in [0.05, 0.1) is 13.2 Å². The van der Waals surface area contributed by atoms with Crippen LogP contribution in [0.25, 0.3) is 0 Å². The summed E-state index contributed by atoms with van der Waals surface area (Å²) in [6.07, 6.45) is 3.92. The molecule has 2 aliphatic rings. The minimum absolute atomic E-state index is 0.190. The van der Waals surface area contributed by atoms with Gasteiger partial charge in [-0.3, -0.25) is 0 Å². The minimum Gasteiger partial charge on any atom is -0.376 e. The molecule has 2 atom stereocenters. The van der Waals surface area contributed by atoms with Crippen LogP contribution >= 0.6 is 15.9 Å². The normalized spacial score (nSPS) is 26.7. The molecule has 1 aromatic rings. The first-order valence-electron chi connectivity index (χ1n) is 7.46. The second kappa shape index (κ2) is 6.54. The van der Waals surface area contributed by atoms with Gasteiger partial charge in [0.15, 0.2) is 0 Å².